The highest BCUT2D eigenvalue weighted by Gasteiger charge is 2.46. The maximum Gasteiger partial charge on any atom is 0.254 e. The molecule has 0 saturated carbocycles. The lowest BCUT2D eigenvalue weighted by Crippen LogP contribution is -2.55. The van der Waals surface area contributed by atoms with Crippen LogP contribution in [0.1, 0.15) is 47.8 Å². The summed E-state index contributed by atoms with van der Waals surface area (Å²) in [6.07, 6.45) is 4.62. The summed E-state index contributed by atoms with van der Waals surface area (Å²) in [6.45, 7) is 2.80. The van der Waals surface area contributed by atoms with Gasteiger partial charge in [0.2, 0.25) is 0 Å². The largest absolute Gasteiger partial charge is 0.497 e. The van der Waals surface area contributed by atoms with Crippen LogP contribution in [0, 0.1) is 11.3 Å². The molecule has 1 N–H and O–H groups in total. The van der Waals surface area contributed by atoms with Crippen LogP contribution < -0.4 is 10.1 Å². The van der Waals surface area contributed by atoms with Crippen LogP contribution in [0.3, 0.4) is 0 Å². The number of hydrogen-bond donors (Lipinski definition) is 1. The fourth-order valence-electron chi connectivity index (χ4n) is 5.19. The number of rotatable bonds is 3. The molecular formula is C26H26N4O2. The van der Waals surface area contributed by atoms with Crippen molar-refractivity contribution < 1.29 is 9.53 Å². The molecule has 0 aliphatic carbocycles. The summed E-state index contributed by atoms with van der Waals surface area (Å²) in [5.74, 6) is 0.854. The Kier molecular flexibility index (Phi) is 4.90. The average Bonchev–Trinajstić information content (AvgIpc) is 3.35. The van der Waals surface area contributed by atoms with Gasteiger partial charge in [0.1, 0.15) is 5.75 Å². The van der Waals surface area contributed by atoms with E-state index in [0.717, 1.165) is 36.4 Å². The summed E-state index contributed by atoms with van der Waals surface area (Å²) in [5.41, 5.74) is 4.35. The van der Waals surface area contributed by atoms with Gasteiger partial charge in [-0.15, -0.1) is 0 Å². The van der Waals surface area contributed by atoms with Crippen molar-refractivity contribution >= 4 is 11.6 Å². The molecule has 3 aromatic rings. The van der Waals surface area contributed by atoms with Gasteiger partial charge in [-0.2, -0.15) is 5.26 Å². The maximum atomic E-state index is 13.3. The Balaban J connectivity index is 1.46. The molecule has 1 amide bonds. The quantitative estimate of drug-likeness (QED) is 0.659. The van der Waals surface area contributed by atoms with E-state index in [9.17, 15) is 4.79 Å². The Morgan fingerprint density at radius 2 is 2.06 bits per heavy atom. The highest BCUT2D eigenvalue weighted by atomic mass is 16.5. The van der Waals surface area contributed by atoms with E-state index in [-0.39, 0.29) is 17.5 Å². The SMILES string of the molecule is CCC1CC2(CCN1C(=O)c1ccc(C#N)cc1)Nc1cc(OC)ccc1-n1cccc12. The van der Waals surface area contributed by atoms with Crippen molar-refractivity contribution in [2.45, 2.75) is 37.8 Å². The molecule has 162 valence electrons. The van der Waals surface area contributed by atoms with Gasteiger partial charge in [-0.1, -0.05) is 6.92 Å². The minimum absolute atomic E-state index is 0.0319. The van der Waals surface area contributed by atoms with Gasteiger partial charge in [-0.05, 0) is 67.8 Å². The van der Waals surface area contributed by atoms with Gasteiger partial charge in [-0.3, -0.25) is 4.79 Å². The average molecular weight is 427 g/mol. The van der Waals surface area contributed by atoms with Crippen molar-refractivity contribution in [3.05, 3.63) is 77.6 Å². The lowest BCUT2D eigenvalue weighted by Gasteiger charge is -2.49. The molecule has 0 bridgehead atoms. The minimum atomic E-state index is -0.245. The number of ether oxygens (including phenoxy) is 1. The Bertz CT molecular complexity index is 1210. The number of hydrogen-bond acceptors (Lipinski definition) is 4. The minimum Gasteiger partial charge on any atom is -0.497 e. The van der Waals surface area contributed by atoms with Crippen LogP contribution in [0.15, 0.2) is 60.8 Å². The number of carbonyl (C=O) groups excluding carboxylic acids is 1. The molecule has 2 aromatic carbocycles. The monoisotopic (exact) mass is 426 g/mol. The molecule has 3 heterocycles. The summed E-state index contributed by atoms with van der Waals surface area (Å²) in [5, 5.41) is 12.9. The van der Waals surface area contributed by atoms with E-state index in [0.29, 0.717) is 17.7 Å². The van der Waals surface area contributed by atoms with Crippen molar-refractivity contribution in [1.82, 2.24) is 9.47 Å². The number of nitriles is 1. The van der Waals surface area contributed by atoms with Gasteiger partial charge >= 0.3 is 0 Å². The fourth-order valence-corrected chi connectivity index (χ4v) is 5.19. The number of piperidine rings is 1. The zero-order chi connectivity index (χ0) is 22.3. The fraction of sp³-hybridized carbons (Fsp3) is 0.308. The standard InChI is InChI=1S/C26H26N4O2/c1-3-20-16-26(12-14-29(20)25(31)19-8-6-18(17-27)7-9-19)24-5-4-13-30(24)23-11-10-21(32-2)15-22(23)28-26/h4-11,13,15,20,28H,3,12,14,16H2,1-2H3. The molecule has 2 aliphatic rings. The van der Waals surface area contributed by atoms with Crippen molar-refractivity contribution in [2.24, 2.45) is 0 Å². The number of aromatic nitrogens is 1. The van der Waals surface area contributed by atoms with Crippen LogP contribution in [0.4, 0.5) is 5.69 Å². The maximum absolute atomic E-state index is 13.3. The third-order valence-corrected chi connectivity index (χ3v) is 6.87. The number of fused-ring (bicyclic) bond motifs is 4. The van der Waals surface area contributed by atoms with E-state index in [1.807, 2.05) is 11.0 Å². The van der Waals surface area contributed by atoms with Gasteiger partial charge < -0.3 is 19.5 Å². The number of methoxy groups -OCH3 is 1. The second-order valence-electron chi connectivity index (χ2n) is 8.56. The van der Waals surface area contributed by atoms with E-state index in [4.69, 9.17) is 10.00 Å². The smallest absolute Gasteiger partial charge is 0.254 e. The number of nitrogens with zero attached hydrogens (tertiary/aromatic N) is 3. The molecule has 1 saturated heterocycles. The predicted octanol–water partition coefficient (Wildman–Crippen LogP) is 4.69. The lowest BCUT2D eigenvalue weighted by atomic mass is 9.78. The van der Waals surface area contributed by atoms with Crippen LogP contribution in [0.2, 0.25) is 0 Å². The highest BCUT2D eigenvalue weighted by molar-refractivity contribution is 5.94. The van der Waals surface area contributed by atoms with Gasteiger partial charge in [0, 0.05) is 36.1 Å². The van der Waals surface area contributed by atoms with E-state index < -0.39 is 0 Å². The summed E-state index contributed by atoms with van der Waals surface area (Å²) in [4.78, 5) is 15.3. The molecular weight excluding hydrogens is 400 g/mol. The first-order chi connectivity index (χ1) is 15.6. The summed E-state index contributed by atoms with van der Waals surface area (Å²) < 4.78 is 7.72. The number of anilines is 1. The van der Waals surface area contributed by atoms with Gasteiger partial charge in [-0.25, -0.2) is 0 Å². The number of benzene rings is 2. The Morgan fingerprint density at radius 3 is 2.78 bits per heavy atom. The first kappa shape index (κ1) is 20.2. The molecule has 6 heteroatoms. The summed E-state index contributed by atoms with van der Waals surface area (Å²) in [7, 11) is 1.68. The number of amides is 1. The van der Waals surface area contributed by atoms with Crippen LogP contribution in [-0.4, -0.2) is 35.1 Å². The molecule has 2 unspecified atom stereocenters. The van der Waals surface area contributed by atoms with Crippen LogP contribution in [-0.2, 0) is 5.54 Å². The molecule has 1 fully saturated rings. The van der Waals surface area contributed by atoms with Crippen LogP contribution in [0.25, 0.3) is 5.69 Å². The zero-order valence-corrected chi connectivity index (χ0v) is 18.3. The molecule has 0 radical (unpaired) electrons. The number of likely N-dealkylation sites (tertiary alicyclic amines) is 1. The van der Waals surface area contributed by atoms with E-state index in [2.05, 4.69) is 53.3 Å². The molecule has 32 heavy (non-hydrogen) atoms. The Labute approximate surface area is 188 Å². The lowest BCUT2D eigenvalue weighted by molar-refractivity contribution is 0.0514. The molecule has 1 aromatic heterocycles. The van der Waals surface area contributed by atoms with E-state index in [1.165, 1.54) is 5.69 Å². The van der Waals surface area contributed by atoms with Gasteiger partial charge in [0.25, 0.3) is 5.91 Å². The van der Waals surface area contributed by atoms with Crippen molar-refractivity contribution in [2.75, 3.05) is 19.0 Å². The number of nitrogens with one attached hydrogen (secondary N) is 1. The van der Waals surface area contributed by atoms with Crippen LogP contribution >= 0.6 is 0 Å². The summed E-state index contributed by atoms with van der Waals surface area (Å²) in [6, 6.07) is 19.5. The first-order valence-electron chi connectivity index (χ1n) is 11.0. The topological polar surface area (TPSA) is 70.3 Å². The van der Waals surface area contributed by atoms with E-state index >= 15 is 0 Å². The van der Waals surface area contributed by atoms with Crippen molar-refractivity contribution in [3.8, 4) is 17.5 Å². The second-order valence-corrected chi connectivity index (χ2v) is 8.56. The second kappa shape index (κ2) is 7.76. The van der Waals surface area contributed by atoms with Crippen molar-refractivity contribution in [3.63, 3.8) is 0 Å². The third kappa shape index (κ3) is 3.13. The van der Waals surface area contributed by atoms with Crippen LogP contribution in [0.5, 0.6) is 5.75 Å². The van der Waals surface area contributed by atoms with Gasteiger partial charge in [0.05, 0.1) is 35.7 Å². The normalized spacial score (nSPS) is 21.3. The molecule has 2 atom stereocenters. The Morgan fingerprint density at radius 1 is 1.25 bits per heavy atom. The van der Waals surface area contributed by atoms with E-state index in [1.54, 1.807) is 31.4 Å². The summed E-state index contributed by atoms with van der Waals surface area (Å²) >= 11 is 0. The molecule has 5 rings (SSSR count). The Hall–Kier alpha value is -3.72. The van der Waals surface area contributed by atoms with Gasteiger partial charge in [0.15, 0.2) is 0 Å². The third-order valence-electron chi connectivity index (χ3n) is 6.87. The molecule has 6 nitrogen and oxygen atoms in total. The van der Waals surface area contributed by atoms with Crippen molar-refractivity contribution in [1.29, 1.82) is 5.26 Å². The number of carbonyl (C=O) groups is 1. The predicted molar refractivity (Wildman–Crippen MR) is 123 cm³/mol. The first-order valence-corrected chi connectivity index (χ1v) is 11.0. The molecule has 2 aliphatic heterocycles. The molecule has 1 spiro atoms. The highest BCUT2D eigenvalue weighted by Crippen LogP contribution is 2.46. The zero-order valence-electron chi connectivity index (χ0n) is 18.3.